The first-order chi connectivity index (χ1) is 9.22. The number of amides is 2. The number of ether oxygens (including phenoxy) is 1. The molecule has 0 bridgehead atoms. The predicted molar refractivity (Wildman–Crippen MR) is 70.5 cm³/mol. The van der Waals surface area contributed by atoms with Crippen LogP contribution in [0.2, 0.25) is 0 Å². The normalized spacial score (nSPS) is 21.9. The van der Waals surface area contributed by atoms with Gasteiger partial charge in [0, 0.05) is 12.5 Å². The third kappa shape index (κ3) is 3.45. The molecule has 1 aliphatic heterocycles. The second kappa shape index (κ2) is 6.54. The molecule has 0 radical (unpaired) electrons. The highest BCUT2D eigenvalue weighted by Crippen LogP contribution is 2.31. The summed E-state index contributed by atoms with van der Waals surface area (Å²) in [6, 6.07) is 9.72. The Kier molecular flexibility index (Phi) is 4.76. The van der Waals surface area contributed by atoms with Gasteiger partial charge in [-0.25, -0.2) is 0 Å². The molecule has 0 aliphatic carbocycles. The number of carbonyl (C=O) groups is 2. The van der Waals surface area contributed by atoms with Crippen molar-refractivity contribution in [3.8, 4) is 0 Å². The highest BCUT2D eigenvalue weighted by molar-refractivity contribution is 6.27. The summed E-state index contributed by atoms with van der Waals surface area (Å²) in [4.78, 5) is 22.9. The number of hydrogen-bond donors (Lipinski definition) is 2. The maximum atomic E-state index is 12.0. The minimum absolute atomic E-state index is 0.00843. The second-order valence-electron chi connectivity index (χ2n) is 4.27. The van der Waals surface area contributed by atoms with Crippen LogP contribution < -0.4 is 10.9 Å². The number of nitrogens with one attached hydrogen (secondary N) is 2. The molecule has 6 heteroatoms. The minimum Gasteiger partial charge on any atom is -0.368 e. The van der Waals surface area contributed by atoms with E-state index in [-0.39, 0.29) is 17.7 Å². The van der Waals surface area contributed by atoms with E-state index in [9.17, 15) is 9.59 Å². The number of halogens is 1. The maximum Gasteiger partial charge on any atom is 0.268 e. The number of carbonyl (C=O) groups excluding carboxylic acids is 2. The summed E-state index contributed by atoms with van der Waals surface area (Å²) in [5, 5.41) is 0. The quantitative estimate of drug-likeness (QED) is 0.641. The Balaban J connectivity index is 1.99. The standard InChI is InChI=1S/C13H15ClN2O3/c14-8-11(17)15-16-13(18)12-10(6-7-19-12)9-4-2-1-3-5-9/h1-5,10,12H,6-8H2,(H,15,17)(H,16,18)/t10-,12-/m1/s1. The Morgan fingerprint density at radius 3 is 2.68 bits per heavy atom. The lowest BCUT2D eigenvalue weighted by Gasteiger charge is -2.18. The molecular weight excluding hydrogens is 268 g/mol. The average Bonchev–Trinajstić information content (AvgIpc) is 2.94. The zero-order valence-electron chi connectivity index (χ0n) is 10.3. The average molecular weight is 283 g/mol. The van der Waals surface area contributed by atoms with Crippen LogP contribution in [0.25, 0.3) is 0 Å². The molecular formula is C13H15ClN2O3. The maximum absolute atomic E-state index is 12.0. The van der Waals surface area contributed by atoms with E-state index >= 15 is 0 Å². The molecule has 1 saturated heterocycles. The Hall–Kier alpha value is -1.59. The molecule has 5 nitrogen and oxygen atoms in total. The molecule has 1 fully saturated rings. The van der Waals surface area contributed by atoms with Gasteiger partial charge >= 0.3 is 0 Å². The third-order valence-electron chi connectivity index (χ3n) is 3.02. The summed E-state index contributed by atoms with van der Waals surface area (Å²) in [6.07, 6.45) is 0.198. The van der Waals surface area contributed by atoms with Gasteiger partial charge in [-0.1, -0.05) is 30.3 Å². The van der Waals surface area contributed by atoms with E-state index < -0.39 is 12.0 Å². The van der Waals surface area contributed by atoms with Crippen LogP contribution in [-0.2, 0) is 14.3 Å². The van der Waals surface area contributed by atoms with Gasteiger partial charge in [-0.05, 0) is 12.0 Å². The first-order valence-electron chi connectivity index (χ1n) is 6.03. The molecule has 2 amide bonds. The molecule has 0 saturated carbocycles. The molecule has 102 valence electrons. The van der Waals surface area contributed by atoms with Crippen molar-refractivity contribution in [3.05, 3.63) is 35.9 Å². The van der Waals surface area contributed by atoms with Crippen molar-refractivity contribution in [2.24, 2.45) is 0 Å². The minimum atomic E-state index is -0.585. The summed E-state index contributed by atoms with van der Waals surface area (Å²) >= 11 is 5.33. The van der Waals surface area contributed by atoms with Gasteiger partial charge in [0.2, 0.25) is 0 Å². The summed E-state index contributed by atoms with van der Waals surface area (Å²) in [7, 11) is 0. The predicted octanol–water partition coefficient (Wildman–Crippen LogP) is 0.945. The Labute approximate surface area is 116 Å². The molecule has 19 heavy (non-hydrogen) atoms. The molecule has 1 heterocycles. The van der Waals surface area contributed by atoms with E-state index in [2.05, 4.69) is 10.9 Å². The number of alkyl halides is 1. The molecule has 1 aromatic carbocycles. The van der Waals surface area contributed by atoms with Crippen molar-refractivity contribution in [1.82, 2.24) is 10.9 Å². The molecule has 1 aromatic rings. The van der Waals surface area contributed by atoms with Crippen molar-refractivity contribution in [3.63, 3.8) is 0 Å². The van der Waals surface area contributed by atoms with Crippen LogP contribution in [0.5, 0.6) is 0 Å². The van der Waals surface area contributed by atoms with Gasteiger partial charge in [-0.3, -0.25) is 20.4 Å². The lowest BCUT2D eigenvalue weighted by Crippen LogP contribution is -2.47. The van der Waals surface area contributed by atoms with Crippen LogP contribution in [0, 0.1) is 0 Å². The molecule has 0 unspecified atom stereocenters. The van der Waals surface area contributed by atoms with Crippen molar-refractivity contribution >= 4 is 23.4 Å². The molecule has 0 spiro atoms. The van der Waals surface area contributed by atoms with Crippen molar-refractivity contribution in [1.29, 1.82) is 0 Å². The van der Waals surface area contributed by atoms with Crippen LogP contribution >= 0.6 is 11.6 Å². The van der Waals surface area contributed by atoms with Crippen molar-refractivity contribution in [2.45, 2.75) is 18.4 Å². The Bertz CT molecular complexity index is 452. The van der Waals surface area contributed by atoms with Crippen LogP contribution in [0.1, 0.15) is 17.9 Å². The van der Waals surface area contributed by atoms with Crippen LogP contribution in [0.4, 0.5) is 0 Å². The number of benzene rings is 1. The SMILES string of the molecule is O=C(CCl)NNC(=O)[C@@H]1OCC[C@@H]1c1ccccc1. The highest BCUT2D eigenvalue weighted by atomic mass is 35.5. The molecule has 2 N–H and O–H groups in total. The lowest BCUT2D eigenvalue weighted by atomic mass is 9.92. The topological polar surface area (TPSA) is 67.4 Å². The van der Waals surface area contributed by atoms with Crippen LogP contribution in [-0.4, -0.2) is 30.4 Å². The Morgan fingerprint density at radius 2 is 2.00 bits per heavy atom. The number of hydrazine groups is 1. The second-order valence-corrected chi connectivity index (χ2v) is 4.54. The zero-order valence-corrected chi connectivity index (χ0v) is 11.0. The van der Waals surface area contributed by atoms with Crippen molar-refractivity contribution < 1.29 is 14.3 Å². The van der Waals surface area contributed by atoms with E-state index in [1.807, 2.05) is 30.3 Å². The van der Waals surface area contributed by atoms with Gasteiger partial charge in [-0.2, -0.15) is 0 Å². The first kappa shape index (κ1) is 13.8. The summed E-state index contributed by atoms with van der Waals surface area (Å²) in [5.74, 6) is -1.00. The van der Waals surface area contributed by atoms with E-state index in [1.54, 1.807) is 0 Å². The number of hydrogen-bond acceptors (Lipinski definition) is 3. The first-order valence-corrected chi connectivity index (χ1v) is 6.57. The van der Waals surface area contributed by atoms with Crippen LogP contribution in [0.3, 0.4) is 0 Å². The van der Waals surface area contributed by atoms with Gasteiger partial charge in [0.25, 0.3) is 11.8 Å². The van der Waals surface area contributed by atoms with Gasteiger partial charge in [0.1, 0.15) is 12.0 Å². The highest BCUT2D eigenvalue weighted by Gasteiger charge is 2.35. The fraction of sp³-hybridized carbons (Fsp3) is 0.385. The monoisotopic (exact) mass is 282 g/mol. The van der Waals surface area contributed by atoms with E-state index in [1.165, 1.54) is 0 Å². The fourth-order valence-electron chi connectivity index (χ4n) is 2.13. The van der Waals surface area contributed by atoms with Crippen molar-refractivity contribution in [2.75, 3.05) is 12.5 Å². The molecule has 0 aromatic heterocycles. The third-order valence-corrected chi connectivity index (χ3v) is 3.27. The number of rotatable bonds is 3. The lowest BCUT2D eigenvalue weighted by molar-refractivity contribution is -0.134. The Morgan fingerprint density at radius 1 is 1.26 bits per heavy atom. The summed E-state index contributed by atoms with van der Waals surface area (Å²) in [5.41, 5.74) is 5.62. The largest absolute Gasteiger partial charge is 0.368 e. The summed E-state index contributed by atoms with van der Waals surface area (Å²) < 4.78 is 5.45. The molecule has 2 rings (SSSR count). The molecule has 1 aliphatic rings. The van der Waals surface area contributed by atoms with E-state index in [0.717, 1.165) is 12.0 Å². The van der Waals surface area contributed by atoms with Gasteiger partial charge in [0.15, 0.2) is 0 Å². The van der Waals surface area contributed by atoms with E-state index in [0.29, 0.717) is 6.61 Å². The smallest absolute Gasteiger partial charge is 0.268 e. The van der Waals surface area contributed by atoms with Gasteiger partial charge in [0.05, 0.1) is 0 Å². The van der Waals surface area contributed by atoms with Gasteiger partial charge in [-0.15, -0.1) is 11.6 Å². The van der Waals surface area contributed by atoms with Gasteiger partial charge < -0.3 is 4.74 Å². The molecule has 2 atom stereocenters. The van der Waals surface area contributed by atoms with E-state index in [4.69, 9.17) is 16.3 Å². The summed E-state index contributed by atoms with van der Waals surface area (Å²) in [6.45, 7) is 0.529. The zero-order chi connectivity index (χ0) is 13.7. The fourth-order valence-corrected chi connectivity index (χ4v) is 2.19. The van der Waals surface area contributed by atoms with Crippen LogP contribution in [0.15, 0.2) is 30.3 Å².